The number of halogens is 1. The van der Waals surface area contributed by atoms with Crippen molar-refractivity contribution in [3.05, 3.63) is 64.2 Å². The van der Waals surface area contributed by atoms with Crippen molar-refractivity contribution >= 4 is 45.9 Å². The highest BCUT2D eigenvalue weighted by molar-refractivity contribution is 8.14. The van der Waals surface area contributed by atoms with Crippen LogP contribution in [0.2, 0.25) is 5.02 Å². The van der Waals surface area contributed by atoms with Crippen LogP contribution in [0.25, 0.3) is 0 Å². The summed E-state index contributed by atoms with van der Waals surface area (Å²) in [5.41, 5.74) is 7.58. The quantitative estimate of drug-likeness (QED) is 0.724. The second-order valence-corrected chi connectivity index (χ2v) is 8.07. The van der Waals surface area contributed by atoms with Crippen LogP contribution in [0, 0.1) is 24.2 Å². The second-order valence-electron chi connectivity index (χ2n) is 6.66. The van der Waals surface area contributed by atoms with Gasteiger partial charge < -0.3 is 15.5 Å². The third-order valence-electron chi connectivity index (χ3n) is 4.73. The summed E-state index contributed by atoms with van der Waals surface area (Å²) < 4.78 is 5.46. The fraction of sp³-hybridized carbons (Fsp3) is 0.238. The molecule has 154 valence electrons. The Labute approximate surface area is 183 Å². The maximum absolute atomic E-state index is 12.5. The molecule has 1 aromatic heterocycles. The number of carbonyl (C=O) groups excluding carboxylic acids is 2. The lowest BCUT2D eigenvalue weighted by Crippen LogP contribution is -2.32. The van der Waals surface area contributed by atoms with Gasteiger partial charge in [-0.25, -0.2) is 4.99 Å². The molecule has 3 rings (SSSR count). The summed E-state index contributed by atoms with van der Waals surface area (Å²) in [6.07, 6.45) is 1.47. The fourth-order valence-corrected chi connectivity index (χ4v) is 4.35. The Morgan fingerprint density at radius 1 is 1.33 bits per heavy atom. The molecule has 2 atom stereocenters. The smallest absolute Gasteiger partial charge is 0.247 e. The monoisotopic (exact) mass is 442 g/mol. The zero-order valence-corrected chi connectivity index (χ0v) is 17.9. The lowest BCUT2D eigenvalue weighted by Gasteiger charge is -2.27. The summed E-state index contributed by atoms with van der Waals surface area (Å²) in [6, 6.07) is 10.8. The van der Waals surface area contributed by atoms with Crippen LogP contribution in [0.15, 0.2) is 57.3 Å². The summed E-state index contributed by atoms with van der Waals surface area (Å²) in [7, 11) is 0. The molecule has 1 aliphatic heterocycles. The van der Waals surface area contributed by atoms with Crippen LogP contribution in [0.3, 0.4) is 0 Å². The normalized spacial score (nSPS) is 18.5. The van der Waals surface area contributed by atoms with E-state index in [4.69, 9.17) is 21.8 Å². The molecule has 0 bridgehead atoms. The Morgan fingerprint density at radius 3 is 2.73 bits per heavy atom. The number of anilines is 1. The number of thioether (sulfide) groups is 1. The fourth-order valence-electron chi connectivity index (χ4n) is 3.26. The molecular formula is C21H19ClN4O3S. The van der Waals surface area contributed by atoms with Crippen LogP contribution in [-0.4, -0.2) is 22.6 Å². The number of hydrogen-bond donors (Lipinski definition) is 2. The van der Waals surface area contributed by atoms with E-state index in [0.717, 1.165) is 17.3 Å². The highest BCUT2D eigenvalue weighted by Gasteiger charge is 2.39. The maximum atomic E-state index is 12.5. The third-order valence-corrected chi connectivity index (χ3v) is 6.18. The molecule has 0 saturated heterocycles. The van der Waals surface area contributed by atoms with E-state index in [9.17, 15) is 14.9 Å². The van der Waals surface area contributed by atoms with Crippen LogP contribution < -0.4 is 11.1 Å². The van der Waals surface area contributed by atoms with Gasteiger partial charge in [-0.1, -0.05) is 29.4 Å². The van der Waals surface area contributed by atoms with Gasteiger partial charge in [-0.15, -0.1) is 0 Å². The molecule has 2 heterocycles. The number of furan rings is 1. The van der Waals surface area contributed by atoms with Gasteiger partial charge in [0.2, 0.25) is 11.8 Å². The topological polar surface area (TPSA) is 121 Å². The molecule has 0 saturated carbocycles. The summed E-state index contributed by atoms with van der Waals surface area (Å²) in [4.78, 5) is 28.9. The van der Waals surface area contributed by atoms with Gasteiger partial charge in [0.05, 0.1) is 34.6 Å². The van der Waals surface area contributed by atoms with Crippen LogP contribution in [0.1, 0.15) is 24.2 Å². The summed E-state index contributed by atoms with van der Waals surface area (Å²) in [5, 5.41) is 13.6. The Kier molecular flexibility index (Phi) is 6.65. The number of carbonyl (C=O) groups is 2. The van der Waals surface area contributed by atoms with Crippen molar-refractivity contribution < 1.29 is 14.0 Å². The number of nitriles is 1. The van der Waals surface area contributed by atoms with Crippen LogP contribution in [0.4, 0.5) is 5.69 Å². The van der Waals surface area contributed by atoms with E-state index in [1.165, 1.54) is 6.26 Å². The first-order valence-electron chi connectivity index (χ1n) is 9.03. The molecular weight excluding hydrogens is 424 g/mol. The molecule has 2 amide bonds. The van der Waals surface area contributed by atoms with E-state index < -0.39 is 17.7 Å². The molecule has 0 aliphatic carbocycles. The summed E-state index contributed by atoms with van der Waals surface area (Å²) in [5.74, 6) is -1.92. The summed E-state index contributed by atoms with van der Waals surface area (Å²) in [6.45, 7) is 3.47. The van der Waals surface area contributed by atoms with Crippen molar-refractivity contribution in [2.24, 2.45) is 16.6 Å². The largest absolute Gasteiger partial charge is 0.469 e. The second kappa shape index (κ2) is 9.20. The van der Waals surface area contributed by atoms with Crippen molar-refractivity contribution in [3.63, 3.8) is 0 Å². The van der Waals surface area contributed by atoms with Crippen molar-refractivity contribution in [1.82, 2.24) is 0 Å². The molecule has 2 unspecified atom stereocenters. The molecule has 0 spiro atoms. The van der Waals surface area contributed by atoms with Gasteiger partial charge in [0.1, 0.15) is 11.7 Å². The number of allylic oxidation sites excluding steroid dienone is 1. The number of primary amides is 1. The van der Waals surface area contributed by atoms with E-state index in [2.05, 4.69) is 16.4 Å². The van der Waals surface area contributed by atoms with Gasteiger partial charge in [-0.3, -0.25) is 9.59 Å². The van der Waals surface area contributed by atoms with Crippen LogP contribution in [-0.2, 0) is 9.59 Å². The van der Waals surface area contributed by atoms with Crippen molar-refractivity contribution in [2.75, 3.05) is 11.1 Å². The third kappa shape index (κ3) is 4.42. The first-order valence-corrected chi connectivity index (χ1v) is 10.4. The molecule has 9 heteroatoms. The van der Waals surface area contributed by atoms with Crippen LogP contribution >= 0.6 is 23.4 Å². The highest BCUT2D eigenvalue weighted by Crippen LogP contribution is 2.41. The number of nitrogens with two attached hydrogens (primary N) is 1. The first kappa shape index (κ1) is 21.7. The summed E-state index contributed by atoms with van der Waals surface area (Å²) >= 11 is 7.23. The standard InChI is InChI=1S/C21H19ClN4O3S/c1-11-14(22)5-3-6-15(11)26-17(27)10-30-21-13(9-23)19(16-7-4-8-29-16)18(20(24)28)12(2)25-21/h3-8,13,19H,10H2,1-2H3,(H2,24,28)(H,26,27). The Bertz CT molecular complexity index is 1090. The zero-order chi connectivity index (χ0) is 21.8. The minimum atomic E-state index is -0.798. The maximum Gasteiger partial charge on any atom is 0.247 e. The number of amides is 2. The van der Waals surface area contributed by atoms with E-state index in [1.807, 2.05) is 6.92 Å². The molecule has 30 heavy (non-hydrogen) atoms. The van der Waals surface area contributed by atoms with Crippen molar-refractivity contribution in [3.8, 4) is 6.07 Å². The zero-order valence-electron chi connectivity index (χ0n) is 16.3. The van der Waals surface area contributed by atoms with Gasteiger partial charge >= 0.3 is 0 Å². The lowest BCUT2D eigenvalue weighted by molar-refractivity contribution is -0.115. The van der Waals surface area contributed by atoms with Gasteiger partial charge in [0.25, 0.3) is 0 Å². The molecule has 3 N–H and O–H groups in total. The predicted octanol–water partition coefficient (Wildman–Crippen LogP) is 4.01. The highest BCUT2D eigenvalue weighted by atomic mass is 35.5. The van der Waals surface area contributed by atoms with Gasteiger partial charge in [0, 0.05) is 16.4 Å². The first-order chi connectivity index (χ1) is 14.3. The Hall–Kier alpha value is -3.02. The van der Waals surface area contributed by atoms with Gasteiger partial charge in [0.15, 0.2) is 0 Å². The number of nitrogens with zero attached hydrogens (tertiary/aromatic N) is 2. The van der Waals surface area contributed by atoms with E-state index in [1.54, 1.807) is 37.3 Å². The van der Waals surface area contributed by atoms with Crippen molar-refractivity contribution in [2.45, 2.75) is 19.8 Å². The average Bonchev–Trinajstić information content (AvgIpc) is 3.23. The minimum absolute atomic E-state index is 0.0347. The number of hydrogen-bond acceptors (Lipinski definition) is 6. The number of aliphatic imine (C=N–C) groups is 1. The molecule has 2 aromatic rings. The SMILES string of the molecule is CC1=C(C(N)=O)C(c2ccco2)C(C#N)C(SCC(=O)Nc2cccc(Cl)c2C)=N1. The Balaban J connectivity index is 1.82. The van der Waals surface area contributed by atoms with E-state index >= 15 is 0 Å². The number of benzene rings is 1. The molecule has 7 nitrogen and oxygen atoms in total. The van der Waals surface area contributed by atoms with Crippen molar-refractivity contribution in [1.29, 1.82) is 5.26 Å². The molecule has 1 aliphatic rings. The molecule has 0 fully saturated rings. The van der Waals surface area contributed by atoms with Crippen LogP contribution in [0.5, 0.6) is 0 Å². The Morgan fingerprint density at radius 2 is 2.10 bits per heavy atom. The minimum Gasteiger partial charge on any atom is -0.469 e. The lowest BCUT2D eigenvalue weighted by atomic mass is 9.82. The van der Waals surface area contributed by atoms with E-state index in [0.29, 0.717) is 27.2 Å². The number of nitrogens with one attached hydrogen (secondary N) is 1. The molecule has 1 aromatic carbocycles. The van der Waals surface area contributed by atoms with Gasteiger partial charge in [-0.2, -0.15) is 5.26 Å². The predicted molar refractivity (Wildman–Crippen MR) is 117 cm³/mol. The van der Waals surface area contributed by atoms with Gasteiger partial charge in [-0.05, 0) is 43.7 Å². The average molecular weight is 443 g/mol. The van der Waals surface area contributed by atoms with E-state index in [-0.39, 0.29) is 17.2 Å². The molecule has 0 radical (unpaired) electrons. The number of rotatable bonds is 5.